The summed E-state index contributed by atoms with van der Waals surface area (Å²) in [6, 6.07) is 0.799. The second-order valence-corrected chi connectivity index (χ2v) is 5.65. The molecule has 0 radical (unpaired) electrons. The van der Waals surface area contributed by atoms with Gasteiger partial charge in [0.15, 0.2) is 0 Å². The Morgan fingerprint density at radius 1 is 1.05 bits per heavy atom. The van der Waals surface area contributed by atoms with Crippen LogP contribution in [-0.4, -0.2) is 58.6 Å². The fourth-order valence-electron chi connectivity index (χ4n) is 2.75. The zero-order valence-electron chi connectivity index (χ0n) is 13.5. The topological polar surface area (TPSA) is 43.8 Å². The molecule has 4 heteroatoms. The normalized spacial score (nSPS) is 11.9. The molecule has 0 aromatic carbocycles. The summed E-state index contributed by atoms with van der Waals surface area (Å²) in [6.07, 6.45) is 2.01. The Hall–Kier alpha value is -0.610. The molecule has 1 N–H and O–H groups in total. The van der Waals surface area contributed by atoms with Crippen molar-refractivity contribution in [2.45, 2.75) is 72.5 Å². The van der Waals surface area contributed by atoms with Gasteiger partial charge >= 0.3 is 0 Å². The molecule has 114 valence electrons. The van der Waals surface area contributed by atoms with E-state index in [4.69, 9.17) is 0 Å². The molecule has 0 unspecified atom stereocenters. The van der Waals surface area contributed by atoms with E-state index in [1.165, 1.54) is 0 Å². The number of hydrogen-bond donors (Lipinski definition) is 1. The van der Waals surface area contributed by atoms with Crippen molar-refractivity contribution < 1.29 is 9.90 Å². The summed E-state index contributed by atoms with van der Waals surface area (Å²) in [5.41, 5.74) is 0. The highest BCUT2D eigenvalue weighted by molar-refractivity contribution is 5.78. The van der Waals surface area contributed by atoms with Crippen LogP contribution in [-0.2, 0) is 4.79 Å². The number of aliphatic hydroxyl groups excluding tert-OH is 1. The summed E-state index contributed by atoms with van der Waals surface area (Å²) in [5.74, 6) is 0.158. The largest absolute Gasteiger partial charge is 0.395 e. The molecule has 0 aromatic heterocycles. The maximum Gasteiger partial charge on any atom is 0.237 e. The monoisotopic (exact) mass is 272 g/mol. The predicted octanol–water partition coefficient (Wildman–Crippen LogP) is 2.11. The van der Waals surface area contributed by atoms with Gasteiger partial charge < -0.3 is 10.0 Å². The lowest BCUT2D eigenvalue weighted by molar-refractivity contribution is -0.136. The van der Waals surface area contributed by atoms with E-state index in [2.05, 4.69) is 18.7 Å². The van der Waals surface area contributed by atoms with Crippen molar-refractivity contribution in [2.75, 3.05) is 19.7 Å². The first-order chi connectivity index (χ1) is 8.88. The SMILES string of the molecule is CCC(CC)N(CCO)CC(=O)N(C(C)C)C(C)C. The number of carbonyl (C=O) groups is 1. The van der Waals surface area contributed by atoms with Gasteiger partial charge in [-0.3, -0.25) is 9.69 Å². The number of carbonyl (C=O) groups excluding carboxylic acids is 1. The number of hydrogen-bond acceptors (Lipinski definition) is 3. The second-order valence-electron chi connectivity index (χ2n) is 5.65. The van der Waals surface area contributed by atoms with Gasteiger partial charge in [-0.25, -0.2) is 0 Å². The van der Waals surface area contributed by atoms with E-state index in [0.29, 0.717) is 19.1 Å². The van der Waals surface area contributed by atoms with Crippen molar-refractivity contribution in [1.82, 2.24) is 9.80 Å². The average molecular weight is 272 g/mol. The van der Waals surface area contributed by atoms with Gasteiger partial charge in [0.2, 0.25) is 5.91 Å². The van der Waals surface area contributed by atoms with E-state index in [1.807, 2.05) is 32.6 Å². The molecule has 0 rings (SSSR count). The molecule has 4 nitrogen and oxygen atoms in total. The van der Waals surface area contributed by atoms with Crippen molar-refractivity contribution in [3.05, 3.63) is 0 Å². The zero-order valence-corrected chi connectivity index (χ0v) is 13.5. The first-order valence-corrected chi connectivity index (χ1v) is 7.54. The average Bonchev–Trinajstić information content (AvgIpc) is 2.29. The molecule has 0 bridgehead atoms. The first kappa shape index (κ1) is 18.4. The first-order valence-electron chi connectivity index (χ1n) is 7.54. The summed E-state index contributed by atoms with van der Waals surface area (Å²) >= 11 is 0. The van der Waals surface area contributed by atoms with Crippen molar-refractivity contribution in [1.29, 1.82) is 0 Å². The quantitative estimate of drug-likeness (QED) is 0.699. The lowest BCUT2D eigenvalue weighted by Gasteiger charge is -2.35. The van der Waals surface area contributed by atoms with Crippen LogP contribution in [0.25, 0.3) is 0 Å². The summed E-state index contributed by atoms with van der Waals surface area (Å²) < 4.78 is 0. The number of amides is 1. The van der Waals surface area contributed by atoms with E-state index in [1.54, 1.807) is 0 Å². The molecule has 1 amide bonds. The second kappa shape index (κ2) is 9.32. The van der Waals surface area contributed by atoms with Crippen LogP contribution in [0.5, 0.6) is 0 Å². The highest BCUT2D eigenvalue weighted by Gasteiger charge is 2.24. The Balaban J connectivity index is 4.77. The fraction of sp³-hybridized carbons (Fsp3) is 0.933. The smallest absolute Gasteiger partial charge is 0.237 e. The minimum absolute atomic E-state index is 0.104. The molecule has 0 aromatic rings. The third kappa shape index (κ3) is 5.91. The van der Waals surface area contributed by atoms with Gasteiger partial charge in [0.1, 0.15) is 0 Å². The highest BCUT2D eigenvalue weighted by atomic mass is 16.3. The summed E-state index contributed by atoms with van der Waals surface area (Å²) in [6.45, 7) is 13.5. The Morgan fingerprint density at radius 2 is 1.53 bits per heavy atom. The maximum atomic E-state index is 12.5. The molecule has 0 fully saturated rings. The summed E-state index contributed by atoms with van der Waals surface area (Å²) in [4.78, 5) is 16.5. The third-order valence-electron chi connectivity index (χ3n) is 3.59. The van der Waals surface area contributed by atoms with E-state index < -0.39 is 0 Å². The highest BCUT2D eigenvalue weighted by Crippen LogP contribution is 2.11. The van der Waals surface area contributed by atoms with Crippen LogP contribution in [0.4, 0.5) is 0 Å². The van der Waals surface area contributed by atoms with Crippen molar-refractivity contribution in [3.63, 3.8) is 0 Å². The number of rotatable bonds is 9. The molecule has 0 atom stereocenters. The van der Waals surface area contributed by atoms with Crippen LogP contribution in [0.2, 0.25) is 0 Å². The molecule has 0 saturated heterocycles. The lowest BCUT2D eigenvalue weighted by atomic mass is 10.1. The number of nitrogens with zero attached hydrogens (tertiary/aromatic N) is 2. The van der Waals surface area contributed by atoms with Crippen LogP contribution in [0, 0.1) is 0 Å². The van der Waals surface area contributed by atoms with Gasteiger partial charge in [0.25, 0.3) is 0 Å². The van der Waals surface area contributed by atoms with Gasteiger partial charge in [0.05, 0.1) is 13.2 Å². The molecule has 0 saturated carbocycles. The minimum Gasteiger partial charge on any atom is -0.395 e. The van der Waals surface area contributed by atoms with E-state index in [0.717, 1.165) is 12.8 Å². The molecule has 0 spiro atoms. The van der Waals surface area contributed by atoms with Gasteiger partial charge in [-0.05, 0) is 40.5 Å². The lowest BCUT2D eigenvalue weighted by Crippen LogP contribution is -2.49. The van der Waals surface area contributed by atoms with E-state index >= 15 is 0 Å². The van der Waals surface area contributed by atoms with Gasteiger partial charge in [-0.1, -0.05) is 13.8 Å². The Labute approximate surface area is 118 Å². The van der Waals surface area contributed by atoms with E-state index in [9.17, 15) is 9.90 Å². The minimum atomic E-state index is 0.104. The van der Waals surface area contributed by atoms with Crippen LogP contribution >= 0.6 is 0 Å². The van der Waals surface area contributed by atoms with Crippen LogP contribution in [0.15, 0.2) is 0 Å². The molecular formula is C15H32N2O2. The molecular weight excluding hydrogens is 240 g/mol. The van der Waals surface area contributed by atoms with Gasteiger partial charge in [-0.2, -0.15) is 0 Å². The molecule has 0 aliphatic heterocycles. The van der Waals surface area contributed by atoms with Crippen LogP contribution in [0.3, 0.4) is 0 Å². The van der Waals surface area contributed by atoms with Crippen LogP contribution in [0.1, 0.15) is 54.4 Å². The Kier molecular flexibility index (Phi) is 9.02. The van der Waals surface area contributed by atoms with Crippen molar-refractivity contribution >= 4 is 5.91 Å². The predicted molar refractivity (Wildman–Crippen MR) is 80.1 cm³/mol. The van der Waals surface area contributed by atoms with Gasteiger partial charge in [0, 0.05) is 24.7 Å². The molecule has 0 aliphatic carbocycles. The summed E-state index contributed by atoms with van der Waals surface area (Å²) in [5, 5.41) is 9.18. The molecule has 0 aliphatic rings. The molecule has 0 heterocycles. The third-order valence-corrected chi connectivity index (χ3v) is 3.59. The van der Waals surface area contributed by atoms with Crippen LogP contribution < -0.4 is 0 Å². The maximum absolute atomic E-state index is 12.5. The molecule has 19 heavy (non-hydrogen) atoms. The number of aliphatic hydroxyl groups is 1. The van der Waals surface area contributed by atoms with Gasteiger partial charge in [-0.15, -0.1) is 0 Å². The zero-order chi connectivity index (χ0) is 15.0. The standard InChI is InChI=1S/C15H32N2O2/c1-7-14(8-2)16(9-10-18)11-15(19)17(12(3)4)13(5)6/h12-14,18H,7-11H2,1-6H3. The Morgan fingerprint density at radius 3 is 1.84 bits per heavy atom. The summed E-state index contributed by atoms with van der Waals surface area (Å²) in [7, 11) is 0. The van der Waals surface area contributed by atoms with Crippen molar-refractivity contribution in [2.24, 2.45) is 0 Å². The Bertz CT molecular complexity index is 243. The van der Waals surface area contributed by atoms with E-state index in [-0.39, 0.29) is 24.6 Å². The van der Waals surface area contributed by atoms with Crippen molar-refractivity contribution in [3.8, 4) is 0 Å². The fourth-order valence-corrected chi connectivity index (χ4v) is 2.75.